The molecule has 1 aromatic carbocycles. The van der Waals surface area contributed by atoms with Gasteiger partial charge in [-0.3, -0.25) is 4.79 Å². The molecule has 0 atom stereocenters. The number of ether oxygens (including phenoxy) is 2. The lowest BCUT2D eigenvalue weighted by Crippen LogP contribution is -2.18. The van der Waals surface area contributed by atoms with Gasteiger partial charge in [0, 0.05) is 0 Å². The number of aldehydes is 1. The third kappa shape index (κ3) is 3.13. The van der Waals surface area contributed by atoms with Crippen LogP contribution in [-0.2, 0) is 0 Å². The molecule has 0 fully saturated rings. The summed E-state index contributed by atoms with van der Waals surface area (Å²) in [6.07, 6.45) is -4.58. The third-order valence-corrected chi connectivity index (χ3v) is 2.26. The van der Waals surface area contributed by atoms with Crippen LogP contribution in [0.1, 0.15) is 10.4 Å². The number of carbonyl (C=O) groups excluding carboxylic acids is 1. The van der Waals surface area contributed by atoms with Gasteiger partial charge in [0.2, 0.25) is 0 Å². The van der Waals surface area contributed by atoms with Gasteiger partial charge >= 0.3 is 6.36 Å². The highest BCUT2D eigenvalue weighted by Gasteiger charge is 2.32. The fourth-order valence-corrected chi connectivity index (χ4v) is 1.50. The van der Waals surface area contributed by atoms with Crippen molar-refractivity contribution in [2.24, 2.45) is 0 Å². The average Bonchev–Trinajstić information content (AvgIpc) is 2.16. The number of benzene rings is 1. The van der Waals surface area contributed by atoms with E-state index in [-0.39, 0.29) is 22.1 Å². The van der Waals surface area contributed by atoms with E-state index in [2.05, 4.69) is 20.7 Å². The molecule has 1 rings (SSSR count). The maximum atomic E-state index is 12.0. The minimum Gasteiger partial charge on any atom is -0.496 e. The van der Waals surface area contributed by atoms with Crippen LogP contribution in [0.2, 0.25) is 0 Å². The first kappa shape index (κ1) is 12.8. The zero-order valence-electron chi connectivity index (χ0n) is 7.97. The molecular formula is C9H6BrF3O3. The van der Waals surface area contributed by atoms with Gasteiger partial charge < -0.3 is 9.47 Å². The van der Waals surface area contributed by atoms with Crippen LogP contribution < -0.4 is 9.47 Å². The Balaban J connectivity index is 3.18. The van der Waals surface area contributed by atoms with Gasteiger partial charge in [-0.15, -0.1) is 13.2 Å². The molecular weight excluding hydrogens is 293 g/mol. The Kier molecular flexibility index (Phi) is 3.79. The van der Waals surface area contributed by atoms with E-state index in [4.69, 9.17) is 4.74 Å². The first-order valence-electron chi connectivity index (χ1n) is 3.96. The van der Waals surface area contributed by atoms with Crippen LogP contribution in [0, 0.1) is 0 Å². The van der Waals surface area contributed by atoms with Crippen molar-refractivity contribution < 1.29 is 27.4 Å². The minimum absolute atomic E-state index is 0.239. The summed E-state index contributed by atoms with van der Waals surface area (Å²) in [6.45, 7) is 0. The summed E-state index contributed by atoms with van der Waals surface area (Å²) in [5, 5.41) is 0. The van der Waals surface area contributed by atoms with E-state index in [0.29, 0.717) is 0 Å². The lowest BCUT2D eigenvalue weighted by molar-refractivity contribution is -0.274. The number of hydrogen-bond donors (Lipinski definition) is 0. The van der Waals surface area contributed by atoms with Gasteiger partial charge in [-0.2, -0.15) is 0 Å². The predicted molar refractivity (Wildman–Crippen MR) is 52.8 cm³/mol. The first-order valence-corrected chi connectivity index (χ1v) is 4.75. The van der Waals surface area contributed by atoms with E-state index < -0.39 is 12.1 Å². The fourth-order valence-electron chi connectivity index (χ4n) is 1.01. The van der Waals surface area contributed by atoms with Crippen molar-refractivity contribution in [3.63, 3.8) is 0 Å². The predicted octanol–water partition coefficient (Wildman–Crippen LogP) is 3.17. The SMILES string of the molecule is COc1cc(C=O)c(OC(F)(F)F)cc1Br. The van der Waals surface area contributed by atoms with Crippen molar-refractivity contribution in [1.82, 2.24) is 0 Å². The highest BCUT2D eigenvalue weighted by atomic mass is 79.9. The zero-order valence-corrected chi connectivity index (χ0v) is 9.55. The number of rotatable bonds is 3. The summed E-state index contributed by atoms with van der Waals surface area (Å²) in [6, 6.07) is 2.17. The quantitative estimate of drug-likeness (QED) is 0.804. The standard InChI is InChI=1S/C9H6BrF3O3/c1-15-8-2-5(4-14)7(3-6(8)10)16-9(11,12)13/h2-4H,1H3. The van der Waals surface area contributed by atoms with E-state index in [1.54, 1.807) is 0 Å². The summed E-state index contributed by atoms with van der Waals surface area (Å²) >= 11 is 2.99. The Labute approximate surface area is 97.3 Å². The van der Waals surface area contributed by atoms with Crippen molar-refractivity contribution in [1.29, 1.82) is 0 Å². The highest BCUT2D eigenvalue weighted by molar-refractivity contribution is 9.10. The summed E-state index contributed by atoms with van der Waals surface area (Å²) in [5.41, 5.74) is -0.239. The molecule has 0 aliphatic rings. The molecule has 0 aromatic heterocycles. The van der Waals surface area contributed by atoms with Crippen molar-refractivity contribution >= 4 is 22.2 Å². The molecule has 0 spiro atoms. The summed E-state index contributed by atoms with van der Waals surface area (Å²) in [5.74, 6) is -0.327. The van der Waals surface area contributed by atoms with Crippen LogP contribution in [0.5, 0.6) is 11.5 Å². The van der Waals surface area contributed by atoms with Gasteiger partial charge in [-0.05, 0) is 28.1 Å². The van der Waals surface area contributed by atoms with E-state index in [1.807, 2.05) is 0 Å². The molecule has 0 bridgehead atoms. The van der Waals surface area contributed by atoms with Crippen LogP contribution in [-0.4, -0.2) is 19.8 Å². The Bertz CT molecular complexity index is 404. The summed E-state index contributed by atoms with van der Waals surface area (Å²) in [4.78, 5) is 10.6. The van der Waals surface area contributed by atoms with Crippen LogP contribution >= 0.6 is 15.9 Å². The zero-order chi connectivity index (χ0) is 12.3. The molecule has 0 saturated carbocycles. The number of alkyl halides is 3. The van der Waals surface area contributed by atoms with Crippen molar-refractivity contribution in [3.05, 3.63) is 22.2 Å². The molecule has 0 saturated heterocycles. The second-order valence-electron chi connectivity index (χ2n) is 2.69. The fraction of sp³-hybridized carbons (Fsp3) is 0.222. The molecule has 0 aliphatic carbocycles. The smallest absolute Gasteiger partial charge is 0.496 e. The van der Waals surface area contributed by atoms with Crippen molar-refractivity contribution in [2.45, 2.75) is 6.36 Å². The molecule has 88 valence electrons. The Hall–Kier alpha value is -1.24. The van der Waals surface area contributed by atoms with Gasteiger partial charge in [0.25, 0.3) is 0 Å². The lowest BCUT2D eigenvalue weighted by Gasteiger charge is -2.12. The Morgan fingerprint density at radius 2 is 1.94 bits per heavy atom. The Morgan fingerprint density at radius 1 is 1.31 bits per heavy atom. The number of methoxy groups -OCH3 is 1. The molecule has 1 aromatic rings. The normalized spacial score (nSPS) is 11.1. The van der Waals surface area contributed by atoms with Gasteiger partial charge in [0.05, 0.1) is 17.1 Å². The molecule has 16 heavy (non-hydrogen) atoms. The first-order chi connectivity index (χ1) is 7.37. The van der Waals surface area contributed by atoms with Gasteiger partial charge in [-0.25, -0.2) is 0 Å². The topological polar surface area (TPSA) is 35.5 Å². The molecule has 0 radical (unpaired) electrons. The second kappa shape index (κ2) is 4.73. The summed E-state index contributed by atoms with van der Waals surface area (Å²) in [7, 11) is 1.33. The van der Waals surface area contributed by atoms with Gasteiger partial charge in [0.1, 0.15) is 11.5 Å². The monoisotopic (exact) mass is 298 g/mol. The molecule has 0 heterocycles. The third-order valence-electron chi connectivity index (χ3n) is 1.64. The molecule has 0 aliphatic heterocycles. The second-order valence-corrected chi connectivity index (χ2v) is 3.54. The number of carbonyl (C=O) groups is 1. The maximum absolute atomic E-state index is 12.0. The average molecular weight is 299 g/mol. The van der Waals surface area contributed by atoms with E-state index in [9.17, 15) is 18.0 Å². The van der Waals surface area contributed by atoms with E-state index in [1.165, 1.54) is 7.11 Å². The molecule has 0 unspecified atom stereocenters. The van der Waals surface area contributed by atoms with Gasteiger partial charge in [0.15, 0.2) is 6.29 Å². The number of hydrogen-bond acceptors (Lipinski definition) is 3. The molecule has 0 N–H and O–H groups in total. The minimum atomic E-state index is -4.84. The molecule has 0 amide bonds. The van der Waals surface area contributed by atoms with Gasteiger partial charge in [-0.1, -0.05) is 0 Å². The molecule has 3 nitrogen and oxygen atoms in total. The lowest BCUT2D eigenvalue weighted by atomic mass is 10.2. The van der Waals surface area contributed by atoms with Crippen molar-refractivity contribution in [3.8, 4) is 11.5 Å². The van der Waals surface area contributed by atoms with E-state index >= 15 is 0 Å². The Morgan fingerprint density at radius 3 is 2.38 bits per heavy atom. The highest BCUT2D eigenvalue weighted by Crippen LogP contribution is 2.34. The largest absolute Gasteiger partial charge is 0.573 e. The van der Waals surface area contributed by atoms with Crippen molar-refractivity contribution in [2.75, 3.05) is 7.11 Å². The van der Waals surface area contributed by atoms with Crippen LogP contribution in [0.25, 0.3) is 0 Å². The van der Waals surface area contributed by atoms with Crippen LogP contribution in [0.4, 0.5) is 13.2 Å². The maximum Gasteiger partial charge on any atom is 0.573 e. The molecule has 7 heteroatoms. The van der Waals surface area contributed by atoms with E-state index in [0.717, 1.165) is 12.1 Å². The van der Waals surface area contributed by atoms with Crippen LogP contribution in [0.15, 0.2) is 16.6 Å². The summed E-state index contributed by atoms with van der Waals surface area (Å²) < 4.78 is 44.7. The van der Waals surface area contributed by atoms with Crippen LogP contribution in [0.3, 0.4) is 0 Å². The number of halogens is 4.